The molecule has 0 aliphatic rings. The highest BCUT2D eigenvalue weighted by atomic mass is 35.5. The van der Waals surface area contributed by atoms with Crippen molar-refractivity contribution in [3.8, 4) is 17.1 Å². The fourth-order valence-corrected chi connectivity index (χ4v) is 3.14. The van der Waals surface area contributed by atoms with Crippen molar-refractivity contribution < 1.29 is 9.32 Å². The van der Waals surface area contributed by atoms with Crippen molar-refractivity contribution in [1.29, 1.82) is 0 Å². The van der Waals surface area contributed by atoms with Crippen LogP contribution in [0.5, 0.6) is 0 Å². The molecular weight excluding hydrogens is 404 g/mol. The fourth-order valence-electron chi connectivity index (χ4n) is 2.92. The van der Waals surface area contributed by atoms with Gasteiger partial charge in [-0.15, -0.1) is 0 Å². The quantitative estimate of drug-likeness (QED) is 0.502. The van der Waals surface area contributed by atoms with Gasteiger partial charge in [-0.25, -0.2) is 4.68 Å². The highest BCUT2D eigenvalue weighted by Crippen LogP contribution is 2.24. The van der Waals surface area contributed by atoms with Gasteiger partial charge in [0.2, 0.25) is 11.7 Å². The van der Waals surface area contributed by atoms with E-state index < -0.39 is 6.04 Å². The Morgan fingerprint density at radius 1 is 1.17 bits per heavy atom. The number of rotatable bonds is 6. The Kier molecular flexibility index (Phi) is 5.58. The van der Waals surface area contributed by atoms with Gasteiger partial charge in [0.05, 0.1) is 10.7 Å². The van der Waals surface area contributed by atoms with Crippen molar-refractivity contribution in [2.24, 2.45) is 5.92 Å². The number of hydrogen-bond donors (Lipinski definition) is 1. The predicted molar refractivity (Wildman–Crippen MR) is 111 cm³/mol. The van der Waals surface area contributed by atoms with Gasteiger partial charge in [0.15, 0.2) is 5.69 Å². The molecule has 3 heterocycles. The summed E-state index contributed by atoms with van der Waals surface area (Å²) in [7, 11) is 0. The normalized spacial score (nSPS) is 12.1. The van der Waals surface area contributed by atoms with Gasteiger partial charge in [0, 0.05) is 24.2 Å². The number of para-hydroxylation sites is 1. The average Bonchev–Trinajstić information content (AvgIpc) is 3.43. The van der Waals surface area contributed by atoms with Gasteiger partial charge in [0.1, 0.15) is 6.04 Å². The number of benzene rings is 1. The van der Waals surface area contributed by atoms with E-state index in [1.165, 1.54) is 0 Å². The molecule has 4 aromatic rings. The Morgan fingerprint density at radius 3 is 2.73 bits per heavy atom. The molecule has 4 rings (SSSR count). The summed E-state index contributed by atoms with van der Waals surface area (Å²) in [6.07, 6.45) is 5.01. The van der Waals surface area contributed by atoms with E-state index >= 15 is 0 Å². The van der Waals surface area contributed by atoms with Crippen molar-refractivity contribution in [3.05, 3.63) is 77.7 Å². The second-order valence-electron chi connectivity index (χ2n) is 6.99. The maximum atomic E-state index is 12.8. The number of carbonyl (C=O) groups excluding carboxylic acids is 1. The van der Waals surface area contributed by atoms with Gasteiger partial charge < -0.3 is 9.84 Å². The molecule has 0 aliphatic heterocycles. The molecule has 1 N–H and O–H groups in total. The van der Waals surface area contributed by atoms with Crippen molar-refractivity contribution in [2.45, 2.75) is 19.9 Å². The molecule has 9 heteroatoms. The minimum atomic E-state index is -0.471. The number of nitrogens with zero attached hydrogens (tertiary/aromatic N) is 5. The van der Waals surface area contributed by atoms with Crippen LogP contribution in [0.3, 0.4) is 0 Å². The Balaban J connectivity index is 1.54. The molecule has 0 saturated carbocycles. The van der Waals surface area contributed by atoms with Crippen LogP contribution in [0.1, 0.15) is 36.3 Å². The zero-order valence-corrected chi connectivity index (χ0v) is 17.1. The monoisotopic (exact) mass is 422 g/mol. The van der Waals surface area contributed by atoms with E-state index in [0.717, 1.165) is 5.56 Å². The zero-order valence-electron chi connectivity index (χ0n) is 16.4. The third-order valence-corrected chi connectivity index (χ3v) is 4.82. The van der Waals surface area contributed by atoms with Crippen molar-refractivity contribution in [1.82, 2.24) is 30.2 Å². The van der Waals surface area contributed by atoms with Crippen LogP contribution in [0.4, 0.5) is 0 Å². The van der Waals surface area contributed by atoms with Crippen LogP contribution < -0.4 is 5.32 Å². The molecule has 1 unspecified atom stereocenters. The molecule has 1 atom stereocenters. The Bertz CT molecular complexity index is 1160. The first-order valence-corrected chi connectivity index (χ1v) is 9.76. The number of nitrogens with one attached hydrogen (secondary N) is 1. The third kappa shape index (κ3) is 4.08. The minimum Gasteiger partial charge on any atom is -0.339 e. The molecule has 152 valence electrons. The number of pyridine rings is 1. The third-order valence-electron chi connectivity index (χ3n) is 4.50. The molecule has 0 spiro atoms. The average molecular weight is 423 g/mol. The van der Waals surface area contributed by atoms with E-state index in [1.54, 1.807) is 41.5 Å². The summed E-state index contributed by atoms with van der Waals surface area (Å²) in [5, 5.41) is 11.8. The first kappa shape index (κ1) is 19.8. The smallest absolute Gasteiger partial charge is 0.272 e. The summed E-state index contributed by atoms with van der Waals surface area (Å²) in [5.74, 6) is 0.408. The molecule has 0 fully saturated rings. The Labute approximate surface area is 177 Å². The molecule has 0 bridgehead atoms. The van der Waals surface area contributed by atoms with E-state index in [9.17, 15) is 4.79 Å². The van der Waals surface area contributed by atoms with Gasteiger partial charge >= 0.3 is 0 Å². The lowest BCUT2D eigenvalue weighted by atomic mass is 10.0. The summed E-state index contributed by atoms with van der Waals surface area (Å²) in [4.78, 5) is 21.3. The topological polar surface area (TPSA) is 98.7 Å². The standard InChI is InChI=1S/C21H19ClN6O2/c1-13(2)18(21-25-19(27-30-21)14-6-5-10-23-12-14)24-20(29)16-9-11-28(26-16)17-8-4-3-7-15(17)22/h3-13,18H,1-2H3,(H,24,29). The number of aromatic nitrogens is 5. The lowest BCUT2D eigenvalue weighted by Gasteiger charge is -2.17. The highest BCUT2D eigenvalue weighted by Gasteiger charge is 2.26. The van der Waals surface area contributed by atoms with E-state index in [2.05, 4.69) is 25.5 Å². The van der Waals surface area contributed by atoms with Crippen LogP contribution in [0.2, 0.25) is 5.02 Å². The zero-order chi connectivity index (χ0) is 21.1. The van der Waals surface area contributed by atoms with E-state index in [4.69, 9.17) is 16.1 Å². The lowest BCUT2D eigenvalue weighted by molar-refractivity contribution is 0.0908. The van der Waals surface area contributed by atoms with Gasteiger partial charge in [-0.3, -0.25) is 9.78 Å². The Morgan fingerprint density at radius 2 is 2.00 bits per heavy atom. The fraction of sp³-hybridized carbons (Fsp3) is 0.190. The maximum Gasteiger partial charge on any atom is 0.272 e. The van der Waals surface area contributed by atoms with Crippen molar-refractivity contribution in [2.75, 3.05) is 0 Å². The first-order chi connectivity index (χ1) is 14.5. The van der Waals surface area contributed by atoms with E-state index in [0.29, 0.717) is 22.4 Å². The number of carbonyl (C=O) groups is 1. The van der Waals surface area contributed by atoms with Crippen molar-refractivity contribution >= 4 is 17.5 Å². The number of halogens is 1. The molecule has 0 aliphatic carbocycles. The second kappa shape index (κ2) is 8.46. The molecule has 0 radical (unpaired) electrons. The van der Waals surface area contributed by atoms with E-state index in [1.807, 2.05) is 38.1 Å². The summed E-state index contributed by atoms with van der Waals surface area (Å²) >= 11 is 6.21. The molecule has 3 aromatic heterocycles. The lowest BCUT2D eigenvalue weighted by Crippen LogP contribution is -2.32. The van der Waals surface area contributed by atoms with Crippen molar-refractivity contribution in [3.63, 3.8) is 0 Å². The Hall–Kier alpha value is -3.52. The summed E-state index contributed by atoms with van der Waals surface area (Å²) in [5.41, 5.74) is 1.68. The van der Waals surface area contributed by atoms with Crippen LogP contribution in [-0.2, 0) is 0 Å². The van der Waals surface area contributed by atoms with Gasteiger partial charge in [-0.1, -0.05) is 42.7 Å². The summed E-state index contributed by atoms with van der Waals surface area (Å²) < 4.78 is 6.99. The first-order valence-electron chi connectivity index (χ1n) is 9.38. The predicted octanol–water partition coefficient (Wildman–Crippen LogP) is 4.10. The summed E-state index contributed by atoms with van der Waals surface area (Å²) in [6.45, 7) is 3.92. The molecule has 1 amide bonds. The minimum absolute atomic E-state index is 0.0156. The van der Waals surface area contributed by atoms with Crippen LogP contribution in [0.25, 0.3) is 17.1 Å². The van der Waals surface area contributed by atoms with Crippen LogP contribution in [0.15, 0.2) is 65.6 Å². The number of amides is 1. The van der Waals surface area contributed by atoms with E-state index in [-0.39, 0.29) is 17.5 Å². The molecule has 1 aromatic carbocycles. The van der Waals surface area contributed by atoms with Crippen LogP contribution >= 0.6 is 11.6 Å². The van der Waals surface area contributed by atoms with Crippen LogP contribution in [0, 0.1) is 5.92 Å². The SMILES string of the molecule is CC(C)C(NC(=O)c1ccn(-c2ccccc2Cl)n1)c1nc(-c2cccnc2)no1. The largest absolute Gasteiger partial charge is 0.339 e. The van der Waals surface area contributed by atoms with Crippen LogP contribution in [-0.4, -0.2) is 30.8 Å². The second-order valence-corrected chi connectivity index (χ2v) is 7.40. The van der Waals surface area contributed by atoms with Gasteiger partial charge in [-0.2, -0.15) is 10.1 Å². The van der Waals surface area contributed by atoms with Gasteiger partial charge in [0.25, 0.3) is 5.91 Å². The molecule has 8 nitrogen and oxygen atoms in total. The maximum absolute atomic E-state index is 12.8. The molecule has 0 saturated heterocycles. The highest BCUT2D eigenvalue weighted by molar-refractivity contribution is 6.32. The van der Waals surface area contributed by atoms with Gasteiger partial charge in [-0.05, 0) is 36.2 Å². The molecule has 30 heavy (non-hydrogen) atoms. The summed E-state index contributed by atoms with van der Waals surface area (Å²) in [6, 6.07) is 12.1. The number of hydrogen-bond acceptors (Lipinski definition) is 6. The molecular formula is C21H19ClN6O2.